The molecule has 0 saturated carbocycles. The first-order chi connectivity index (χ1) is 10.8. The average molecular weight is 321 g/mol. The summed E-state index contributed by atoms with van der Waals surface area (Å²) in [6.45, 7) is 3.37. The van der Waals surface area contributed by atoms with Crippen LogP contribution in [0.5, 0.6) is 5.75 Å². The zero-order valence-electron chi connectivity index (χ0n) is 14.0. The van der Waals surface area contributed by atoms with Crippen molar-refractivity contribution in [1.29, 1.82) is 0 Å². The smallest absolute Gasteiger partial charge is 0.309 e. The van der Waals surface area contributed by atoms with Crippen LogP contribution in [0.1, 0.15) is 52.4 Å². The Bertz CT molecular complexity index is 501. The van der Waals surface area contributed by atoms with E-state index in [0.29, 0.717) is 31.4 Å². The summed E-state index contributed by atoms with van der Waals surface area (Å²) >= 11 is 0. The Morgan fingerprint density at radius 3 is 2.39 bits per heavy atom. The SMILES string of the molecule is CC(C)(CCC(N)(CCCCC=O)Oc1ccccc1)C(=O)O. The molecular formula is C18H27NO4. The van der Waals surface area contributed by atoms with Crippen LogP contribution in [-0.4, -0.2) is 23.1 Å². The standard InChI is InChI=1S/C18H27NO4/c1-17(2,16(21)22)12-13-18(19,11-7-4-8-14-20)23-15-9-5-3-6-10-15/h3,5-6,9-10,14H,4,7-8,11-13,19H2,1-2H3,(H,21,22). The zero-order valence-corrected chi connectivity index (χ0v) is 14.0. The van der Waals surface area contributed by atoms with E-state index in [1.54, 1.807) is 13.8 Å². The van der Waals surface area contributed by atoms with Gasteiger partial charge in [-0.15, -0.1) is 0 Å². The van der Waals surface area contributed by atoms with Gasteiger partial charge in [0.15, 0.2) is 5.72 Å². The van der Waals surface area contributed by atoms with Gasteiger partial charge in [0.05, 0.1) is 5.41 Å². The molecular weight excluding hydrogens is 294 g/mol. The van der Waals surface area contributed by atoms with Gasteiger partial charge >= 0.3 is 5.97 Å². The first-order valence-corrected chi connectivity index (χ1v) is 7.99. The van der Waals surface area contributed by atoms with Crippen molar-refractivity contribution in [3.63, 3.8) is 0 Å². The number of hydrogen-bond acceptors (Lipinski definition) is 4. The summed E-state index contributed by atoms with van der Waals surface area (Å²) in [6.07, 6.45) is 4.33. The number of carboxylic acids is 1. The number of rotatable bonds is 11. The summed E-state index contributed by atoms with van der Waals surface area (Å²) < 4.78 is 5.95. The summed E-state index contributed by atoms with van der Waals surface area (Å²) in [4.78, 5) is 21.7. The van der Waals surface area contributed by atoms with Crippen molar-refractivity contribution in [3.8, 4) is 5.75 Å². The van der Waals surface area contributed by atoms with Crippen LogP contribution in [0, 0.1) is 5.41 Å². The lowest BCUT2D eigenvalue weighted by molar-refractivity contribution is -0.147. The molecule has 0 aliphatic carbocycles. The largest absolute Gasteiger partial charge is 0.481 e. The molecule has 0 fully saturated rings. The van der Waals surface area contributed by atoms with Gasteiger partial charge in [-0.05, 0) is 45.2 Å². The quantitative estimate of drug-likeness (QED) is 0.370. The van der Waals surface area contributed by atoms with Crippen LogP contribution in [-0.2, 0) is 9.59 Å². The van der Waals surface area contributed by atoms with Gasteiger partial charge in [0.1, 0.15) is 12.0 Å². The fraction of sp³-hybridized carbons (Fsp3) is 0.556. The molecule has 0 heterocycles. The van der Waals surface area contributed by atoms with Gasteiger partial charge in [-0.3, -0.25) is 10.5 Å². The highest BCUT2D eigenvalue weighted by Crippen LogP contribution is 2.30. The van der Waals surface area contributed by atoms with Crippen molar-refractivity contribution in [2.24, 2.45) is 11.1 Å². The number of unbranched alkanes of at least 4 members (excludes halogenated alkanes) is 2. The third-order valence-corrected chi connectivity index (χ3v) is 3.99. The van der Waals surface area contributed by atoms with Crippen molar-refractivity contribution in [2.75, 3.05) is 0 Å². The molecule has 23 heavy (non-hydrogen) atoms. The minimum atomic E-state index is -0.934. The van der Waals surface area contributed by atoms with Crippen molar-refractivity contribution in [1.82, 2.24) is 0 Å². The number of ether oxygens (including phenoxy) is 1. The summed E-state index contributed by atoms with van der Waals surface area (Å²) in [6, 6.07) is 9.28. The monoisotopic (exact) mass is 321 g/mol. The van der Waals surface area contributed by atoms with E-state index in [1.807, 2.05) is 30.3 Å². The molecule has 0 amide bonds. The maximum atomic E-state index is 11.3. The Morgan fingerprint density at radius 2 is 1.83 bits per heavy atom. The number of carbonyl (C=O) groups is 2. The third-order valence-electron chi connectivity index (χ3n) is 3.99. The van der Waals surface area contributed by atoms with E-state index in [2.05, 4.69) is 0 Å². The van der Waals surface area contributed by atoms with Gasteiger partial charge in [0.2, 0.25) is 0 Å². The molecule has 1 atom stereocenters. The lowest BCUT2D eigenvalue weighted by Gasteiger charge is -2.33. The summed E-state index contributed by atoms with van der Waals surface area (Å²) in [5, 5.41) is 9.25. The summed E-state index contributed by atoms with van der Waals surface area (Å²) in [5.41, 5.74) is 4.63. The molecule has 0 aliphatic rings. The van der Waals surface area contributed by atoms with E-state index in [0.717, 1.165) is 19.1 Å². The number of benzene rings is 1. The van der Waals surface area contributed by atoms with Crippen LogP contribution >= 0.6 is 0 Å². The minimum Gasteiger partial charge on any atom is -0.481 e. The molecule has 5 heteroatoms. The van der Waals surface area contributed by atoms with Crippen LogP contribution in [0.4, 0.5) is 0 Å². The Kier molecular flexibility index (Phi) is 7.23. The fourth-order valence-electron chi connectivity index (χ4n) is 2.23. The molecule has 0 spiro atoms. The highest BCUT2D eigenvalue weighted by molar-refractivity contribution is 5.73. The van der Waals surface area contributed by atoms with E-state index in [9.17, 15) is 14.7 Å². The number of para-hydroxylation sites is 1. The molecule has 3 N–H and O–H groups in total. The number of hydrogen-bond donors (Lipinski definition) is 2. The van der Waals surface area contributed by atoms with Crippen LogP contribution in [0.3, 0.4) is 0 Å². The molecule has 1 aromatic carbocycles. The van der Waals surface area contributed by atoms with Crippen LogP contribution in [0.2, 0.25) is 0 Å². The Morgan fingerprint density at radius 1 is 1.17 bits per heavy atom. The number of aliphatic carboxylic acids is 1. The van der Waals surface area contributed by atoms with E-state index in [4.69, 9.17) is 10.5 Å². The lowest BCUT2D eigenvalue weighted by atomic mass is 9.84. The van der Waals surface area contributed by atoms with E-state index < -0.39 is 17.1 Å². The molecule has 128 valence electrons. The van der Waals surface area contributed by atoms with E-state index >= 15 is 0 Å². The molecule has 1 unspecified atom stereocenters. The highest BCUT2D eigenvalue weighted by Gasteiger charge is 2.34. The Labute approximate surface area is 137 Å². The van der Waals surface area contributed by atoms with Crippen molar-refractivity contribution in [3.05, 3.63) is 30.3 Å². The number of nitrogens with two attached hydrogens (primary N) is 1. The van der Waals surface area contributed by atoms with Crippen molar-refractivity contribution < 1.29 is 19.4 Å². The van der Waals surface area contributed by atoms with Gasteiger partial charge in [-0.2, -0.15) is 0 Å². The predicted molar refractivity (Wildman–Crippen MR) is 89.2 cm³/mol. The highest BCUT2D eigenvalue weighted by atomic mass is 16.5. The van der Waals surface area contributed by atoms with Crippen molar-refractivity contribution >= 4 is 12.3 Å². The predicted octanol–water partition coefficient (Wildman–Crippen LogP) is 3.37. The molecule has 1 aromatic rings. The number of carbonyl (C=O) groups excluding carboxylic acids is 1. The summed E-state index contributed by atoms with van der Waals surface area (Å²) in [5.74, 6) is -0.181. The zero-order chi connectivity index (χ0) is 17.3. The first kappa shape index (κ1) is 19.2. The topological polar surface area (TPSA) is 89.6 Å². The molecule has 0 bridgehead atoms. The second-order valence-corrected chi connectivity index (χ2v) is 6.58. The van der Waals surface area contributed by atoms with E-state index in [1.165, 1.54) is 0 Å². The van der Waals surface area contributed by atoms with Gasteiger partial charge in [0, 0.05) is 19.3 Å². The second-order valence-electron chi connectivity index (χ2n) is 6.58. The molecule has 0 saturated heterocycles. The molecule has 1 rings (SSSR count). The normalized spacial score (nSPS) is 14.0. The fourth-order valence-corrected chi connectivity index (χ4v) is 2.23. The van der Waals surface area contributed by atoms with Gasteiger partial charge < -0.3 is 14.6 Å². The van der Waals surface area contributed by atoms with Gasteiger partial charge in [-0.1, -0.05) is 18.2 Å². The molecule has 5 nitrogen and oxygen atoms in total. The molecule has 0 aromatic heterocycles. The molecule has 0 aliphatic heterocycles. The summed E-state index contributed by atoms with van der Waals surface area (Å²) in [7, 11) is 0. The second kappa shape index (κ2) is 8.67. The maximum Gasteiger partial charge on any atom is 0.309 e. The van der Waals surface area contributed by atoms with Gasteiger partial charge in [0.25, 0.3) is 0 Å². The van der Waals surface area contributed by atoms with Crippen LogP contribution < -0.4 is 10.5 Å². The number of aldehydes is 1. The third kappa shape index (κ3) is 6.82. The minimum absolute atomic E-state index is 0.416. The van der Waals surface area contributed by atoms with Crippen LogP contribution in [0.15, 0.2) is 30.3 Å². The Balaban J connectivity index is 2.74. The number of carboxylic acid groups (broad SMARTS) is 1. The average Bonchev–Trinajstić information content (AvgIpc) is 2.51. The first-order valence-electron chi connectivity index (χ1n) is 7.99. The molecule has 0 radical (unpaired) electrons. The lowest BCUT2D eigenvalue weighted by Crippen LogP contribution is -2.47. The van der Waals surface area contributed by atoms with Gasteiger partial charge in [-0.25, -0.2) is 0 Å². The Hall–Kier alpha value is -1.88. The van der Waals surface area contributed by atoms with E-state index in [-0.39, 0.29) is 0 Å². The van der Waals surface area contributed by atoms with Crippen molar-refractivity contribution in [2.45, 2.75) is 58.1 Å². The maximum absolute atomic E-state index is 11.3. The van der Waals surface area contributed by atoms with Crippen LogP contribution in [0.25, 0.3) is 0 Å².